The van der Waals surface area contributed by atoms with Gasteiger partial charge in [-0.2, -0.15) is 0 Å². The molecular formula is C13H16Cl2N2O2. The Hall–Kier alpha value is -0.810. The first kappa shape index (κ1) is 14.6. The van der Waals surface area contributed by atoms with Gasteiger partial charge in [0, 0.05) is 16.7 Å². The van der Waals surface area contributed by atoms with Crippen molar-refractivity contribution >= 4 is 29.1 Å². The number of hydrogen-bond donors (Lipinski definition) is 2. The van der Waals surface area contributed by atoms with Gasteiger partial charge in [0.2, 0.25) is 5.91 Å². The summed E-state index contributed by atoms with van der Waals surface area (Å²) < 4.78 is 5.18. The number of nitrogens with two attached hydrogens (primary N) is 1. The number of ether oxygens (including phenoxy) is 1. The molecule has 0 aliphatic carbocycles. The highest BCUT2D eigenvalue weighted by Crippen LogP contribution is 2.27. The molecule has 1 saturated heterocycles. The van der Waals surface area contributed by atoms with E-state index in [1.165, 1.54) is 0 Å². The van der Waals surface area contributed by atoms with Crippen LogP contribution in [0.4, 0.5) is 0 Å². The first-order valence-electron chi connectivity index (χ1n) is 6.05. The number of halogens is 2. The molecule has 1 aliphatic rings. The fourth-order valence-electron chi connectivity index (χ4n) is 2.03. The third-order valence-corrected chi connectivity index (χ3v) is 3.84. The lowest BCUT2D eigenvalue weighted by Crippen LogP contribution is -2.54. The van der Waals surface area contributed by atoms with Crippen LogP contribution in [0.1, 0.15) is 24.9 Å². The van der Waals surface area contributed by atoms with Crippen LogP contribution in [0.5, 0.6) is 0 Å². The van der Waals surface area contributed by atoms with Gasteiger partial charge < -0.3 is 15.8 Å². The Morgan fingerprint density at radius 2 is 2.26 bits per heavy atom. The van der Waals surface area contributed by atoms with Crippen molar-refractivity contribution in [2.45, 2.75) is 24.9 Å². The zero-order chi connectivity index (χ0) is 14.0. The maximum absolute atomic E-state index is 12.1. The minimum absolute atomic E-state index is 0.219. The van der Waals surface area contributed by atoms with Crippen LogP contribution in [-0.2, 0) is 9.53 Å². The van der Waals surface area contributed by atoms with Gasteiger partial charge in [0.05, 0.1) is 12.6 Å². The summed E-state index contributed by atoms with van der Waals surface area (Å²) in [6, 6.07) is 4.95. The number of benzene rings is 1. The molecule has 0 aromatic heterocycles. The lowest BCUT2D eigenvalue weighted by atomic mass is 9.98. The molecule has 1 amide bonds. The van der Waals surface area contributed by atoms with Crippen LogP contribution in [0.15, 0.2) is 18.2 Å². The topological polar surface area (TPSA) is 64.4 Å². The number of hydrogen-bond acceptors (Lipinski definition) is 3. The lowest BCUT2D eigenvalue weighted by molar-refractivity contribution is -0.127. The van der Waals surface area contributed by atoms with E-state index in [4.69, 9.17) is 33.7 Å². The summed E-state index contributed by atoms with van der Waals surface area (Å²) in [5.41, 5.74) is 5.87. The van der Waals surface area contributed by atoms with Gasteiger partial charge in [-0.25, -0.2) is 0 Å². The molecule has 2 rings (SSSR count). The molecular weight excluding hydrogens is 287 g/mol. The van der Waals surface area contributed by atoms with Crippen LogP contribution in [0.2, 0.25) is 10.0 Å². The predicted molar refractivity (Wildman–Crippen MR) is 75.4 cm³/mol. The highest BCUT2D eigenvalue weighted by Gasteiger charge is 2.38. The Morgan fingerprint density at radius 3 is 2.84 bits per heavy atom. The van der Waals surface area contributed by atoms with Crippen LogP contribution >= 0.6 is 23.2 Å². The zero-order valence-electron chi connectivity index (χ0n) is 10.6. The monoisotopic (exact) mass is 302 g/mol. The first-order chi connectivity index (χ1) is 8.92. The molecule has 104 valence electrons. The summed E-state index contributed by atoms with van der Waals surface area (Å²) in [7, 11) is 0. The number of carbonyl (C=O) groups is 1. The smallest absolute Gasteiger partial charge is 0.243 e. The normalized spacial score (nSPS) is 24.2. The SMILES string of the molecule is CC(NC(=O)C1(N)CCOC1)c1ccc(Cl)cc1Cl. The summed E-state index contributed by atoms with van der Waals surface area (Å²) in [5.74, 6) is -0.219. The minimum Gasteiger partial charge on any atom is -0.379 e. The van der Waals surface area contributed by atoms with Crippen molar-refractivity contribution in [2.24, 2.45) is 5.73 Å². The molecule has 4 nitrogen and oxygen atoms in total. The van der Waals surface area contributed by atoms with E-state index in [-0.39, 0.29) is 18.6 Å². The number of carbonyl (C=O) groups excluding carboxylic acids is 1. The molecule has 0 saturated carbocycles. The molecule has 1 aromatic carbocycles. The van der Waals surface area contributed by atoms with Crippen LogP contribution < -0.4 is 11.1 Å². The Morgan fingerprint density at radius 1 is 1.53 bits per heavy atom. The third-order valence-electron chi connectivity index (χ3n) is 3.28. The zero-order valence-corrected chi connectivity index (χ0v) is 12.1. The fourth-order valence-corrected chi connectivity index (χ4v) is 2.60. The summed E-state index contributed by atoms with van der Waals surface area (Å²) >= 11 is 12.0. The van der Waals surface area contributed by atoms with Gasteiger partial charge >= 0.3 is 0 Å². The predicted octanol–water partition coefficient (Wildman–Crippen LogP) is 2.29. The van der Waals surface area contributed by atoms with E-state index in [9.17, 15) is 4.79 Å². The van der Waals surface area contributed by atoms with Crippen molar-refractivity contribution in [3.63, 3.8) is 0 Å². The molecule has 0 bridgehead atoms. The molecule has 3 N–H and O–H groups in total. The quantitative estimate of drug-likeness (QED) is 0.900. The van der Waals surface area contributed by atoms with E-state index < -0.39 is 5.54 Å². The number of rotatable bonds is 3. The second-order valence-electron chi connectivity index (χ2n) is 4.82. The molecule has 1 aromatic rings. The van der Waals surface area contributed by atoms with Crippen molar-refractivity contribution in [2.75, 3.05) is 13.2 Å². The Labute approximate surface area is 122 Å². The summed E-state index contributed by atoms with van der Waals surface area (Å²) in [6.07, 6.45) is 0.528. The molecule has 0 spiro atoms. The van der Waals surface area contributed by atoms with E-state index in [1.807, 2.05) is 6.92 Å². The van der Waals surface area contributed by atoms with Gasteiger partial charge in [-0.05, 0) is 31.0 Å². The van der Waals surface area contributed by atoms with Gasteiger partial charge in [-0.3, -0.25) is 4.79 Å². The van der Waals surface area contributed by atoms with E-state index in [1.54, 1.807) is 18.2 Å². The maximum atomic E-state index is 12.1. The summed E-state index contributed by atoms with van der Waals surface area (Å²) in [6.45, 7) is 2.62. The molecule has 1 heterocycles. The van der Waals surface area contributed by atoms with Gasteiger partial charge in [0.25, 0.3) is 0 Å². The average Bonchev–Trinajstić information content (AvgIpc) is 2.77. The second-order valence-corrected chi connectivity index (χ2v) is 5.66. The van der Waals surface area contributed by atoms with Gasteiger partial charge in [0.15, 0.2) is 0 Å². The number of amides is 1. The van der Waals surface area contributed by atoms with E-state index in [0.29, 0.717) is 23.1 Å². The largest absolute Gasteiger partial charge is 0.379 e. The fraction of sp³-hybridized carbons (Fsp3) is 0.462. The van der Waals surface area contributed by atoms with E-state index >= 15 is 0 Å². The van der Waals surface area contributed by atoms with Gasteiger partial charge in [-0.1, -0.05) is 29.3 Å². The highest BCUT2D eigenvalue weighted by molar-refractivity contribution is 6.35. The summed E-state index contributed by atoms with van der Waals surface area (Å²) in [4.78, 5) is 12.1. The maximum Gasteiger partial charge on any atom is 0.243 e. The molecule has 1 fully saturated rings. The minimum atomic E-state index is -0.937. The van der Waals surface area contributed by atoms with Crippen molar-refractivity contribution < 1.29 is 9.53 Å². The van der Waals surface area contributed by atoms with E-state index in [2.05, 4.69) is 5.32 Å². The number of nitrogens with one attached hydrogen (secondary N) is 1. The standard InChI is InChI=1S/C13H16Cl2N2O2/c1-8(10-3-2-9(14)6-11(10)15)17-12(18)13(16)4-5-19-7-13/h2-3,6,8H,4-5,7,16H2,1H3,(H,17,18). The van der Waals surface area contributed by atoms with Crippen LogP contribution in [0.3, 0.4) is 0 Å². The average molecular weight is 303 g/mol. The molecule has 19 heavy (non-hydrogen) atoms. The molecule has 0 radical (unpaired) electrons. The van der Waals surface area contributed by atoms with Crippen molar-refractivity contribution in [3.8, 4) is 0 Å². The first-order valence-corrected chi connectivity index (χ1v) is 6.80. The third kappa shape index (κ3) is 3.20. The second kappa shape index (κ2) is 5.67. The highest BCUT2D eigenvalue weighted by atomic mass is 35.5. The van der Waals surface area contributed by atoms with Crippen LogP contribution in [0, 0.1) is 0 Å². The molecule has 1 aliphatic heterocycles. The van der Waals surface area contributed by atoms with Crippen molar-refractivity contribution in [1.82, 2.24) is 5.32 Å². The van der Waals surface area contributed by atoms with Crippen LogP contribution in [-0.4, -0.2) is 24.7 Å². The van der Waals surface area contributed by atoms with Crippen LogP contribution in [0.25, 0.3) is 0 Å². The molecule has 2 unspecified atom stereocenters. The lowest BCUT2D eigenvalue weighted by Gasteiger charge is -2.24. The van der Waals surface area contributed by atoms with E-state index in [0.717, 1.165) is 5.56 Å². The Kier molecular flexibility index (Phi) is 4.36. The van der Waals surface area contributed by atoms with Crippen molar-refractivity contribution in [1.29, 1.82) is 0 Å². The van der Waals surface area contributed by atoms with Gasteiger partial charge in [0.1, 0.15) is 5.54 Å². The van der Waals surface area contributed by atoms with Crippen molar-refractivity contribution in [3.05, 3.63) is 33.8 Å². The summed E-state index contributed by atoms with van der Waals surface area (Å²) in [5, 5.41) is 3.95. The Bertz CT molecular complexity index is 488. The van der Waals surface area contributed by atoms with Gasteiger partial charge in [-0.15, -0.1) is 0 Å². The molecule has 6 heteroatoms. The molecule has 2 atom stereocenters. The Balaban J connectivity index is 2.08.